The number of aryl methyl sites for hydroxylation is 1. The van der Waals surface area contributed by atoms with Crippen LogP contribution < -0.4 is 0 Å². The summed E-state index contributed by atoms with van der Waals surface area (Å²) in [5.74, 6) is 0. The predicted molar refractivity (Wildman–Crippen MR) is 63.1 cm³/mol. The summed E-state index contributed by atoms with van der Waals surface area (Å²) in [4.78, 5) is 11.0. The van der Waals surface area contributed by atoms with Gasteiger partial charge in [0, 0.05) is 28.7 Å². The van der Waals surface area contributed by atoms with Crippen LogP contribution in [-0.4, -0.2) is 10.9 Å². The molecule has 0 fully saturated rings. The van der Waals surface area contributed by atoms with E-state index in [4.69, 9.17) is 23.2 Å². The monoisotopic (exact) mass is 241 g/mol. The fourth-order valence-electron chi connectivity index (χ4n) is 1.78. The molecule has 0 aliphatic carbocycles. The van der Waals surface area contributed by atoms with Crippen LogP contribution in [0.3, 0.4) is 0 Å². The van der Waals surface area contributed by atoms with E-state index < -0.39 is 0 Å². The molecule has 1 heterocycles. The zero-order chi connectivity index (χ0) is 11.2. The molecule has 0 aliphatic rings. The summed E-state index contributed by atoms with van der Waals surface area (Å²) in [5.41, 5.74) is 2.41. The van der Waals surface area contributed by atoms with Crippen LogP contribution in [0.4, 0.5) is 0 Å². The highest BCUT2D eigenvalue weighted by atomic mass is 35.5. The molecule has 0 saturated heterocycles. The lowest BCUT2D eigenvalue weighted by molar-refractivity contribution is 0.112. The molecule has 0 saturated carbocycles. The summed E-state index contributed by atoms with van der Waals surface area (Å²) in [7, 11) is 1.89. The second-order valence-electron chi connectivity index (χ2n) is 3.46. The van der Waals surface area contributed by atoms with Gasteiger partial charge in [-0.25, -0.2) is 0 Å². The first-order valence-corrected chi connectivity index (χ1v) is 5.21. The van der Waals surface area contributed by atoms with Gasteiger partial charge in [0.15, 0.2) is 6.29 Å². The van der Waals surface area contributed by atoms with Crippen molar-refractivity contribution >= 4 is 40.4 Å². The van der Waals surface area contributed by atoms with Crippen molar-refractivity contribution in [3.05, 3.63) is 33.4 Å². The minimum absolute atomic E-state index is 0.517. The molecule has 78 valence electrons. The van der Waals surface area contributed by atoms with Crippen molar-refractivity contribution < 1.29 is 4.79 Å². The number of aldehydes is 1. The highest BCUT2D eigenvalue weighted by Gasteiger charge is 2.14. The Hall–Kier alpha value is -0.990. The van der Waals surface area contributed by atoms with Gasteiger partial charge in [-0.2, -0.15) is 0 Å². The van der Waals surface area contributed by atoms with E-state index in [-0.39, 0.29) is 0 Å². The van der Waals surface area contributed by atoms with E-state index in [1.54, 1.807) is 6.07 Å². The van der Waals surface area contributed by atoms with Crippen LogP contribution in [0.25, 0.3) is 10.9 Å². The van der Waals surface area contributed by atoms with Crippen LogP contribution in [0.1, 0.15) is 16.1 Å². The number of benzene rings is 1. The summed E-state index contributed by atoms with van der Waals surface area (Å²) in [6.07, 6.45) is 0.831. The van der Waals surface area contributed by atoms with Gasteiger partial charge in [0.2, 0.25) is 0 Å². The van der Waals surface area contributed by atoms with Crippen LogP contribution in [0.2, 0.25) is 10.0 Å². The summed E-state index contributed by atoms with van der Waals surface area (Å²) in [5, 5.41) is 1.87. The van der Waals surface area contributed by atoms with Gasteiger partial charge in [0.05, 0.1) is 10.5 Å². The number of halogens is 2. The number of nitrogens with zero attached hydrogens (tertiary/aromatic N) is 1. The normalized spacial score (nSPS) is 10.9. The number of carbonyl (C=O) groups excluding carboxylic acids is 1. The van der Waals surface area contributed by atoms with Crippen molar-refractivity contribution in [3.8, 4) is 0 Å². The molecule has 0 radical (unpaired) electrons. The van der Waals surface area contributed by atoms with E-state index in [0.29, 0.717) is 15.6 Å². The Morgan fingerprint density at radius 2 is 2.00 bits per heavy atom. The van der Waals surface area contributed by atoms with Gasteiger partial charge in [-0.1, -0.05) is 23.2 Å². The summed E-state index contributed by atoms with van der Waals surface area (Å²) >= 11 is 12.0. The molecule has 2 rings (SSSR count). The maximum Gasteiger partial charge on any atom is 0.152 e. The van der Waals surface area contributed by atoms with Gasteiger partial charge in [-0.05, 0) is 19.1 Å². The SMILES string of the molecule is Cc1c(C=O)c2c(Cl)cc(Cl)cc2n1C. The highest BCUT2D eigenvalue weighted by molar-refractivity contribution is 6.39. The number of rotatable bonds is 1. The largest absolute Gasteiger partial charge is 0.347 e. The topological polar surface area (TPSA) is 22.0 Å². The maximum absolute atomic E-state index is 11.0. The average molecular weight is 242 g/mol. The van der Waals surface area contributed by atoms with Crippen molar-refractivity contribution in [2.24, 2.45) is 7.05 Å². The number of fused-ring (bicyclic) bond motifs is 1. The molecule has 0 unspecified atom stereocenters. The summed E-state index contributed by atoms with van der Waals surface area (Å²) < 4.78 is 1.91. The molecular weight excluding hydrogens is 233 g/mol. The van der Waals surface area contributed by atoms with Crippen molar-refractivity contribution in [2.75, 3.05) is 0 Å². The lowest BCUT2D eigenvalue weighted by Gasteiger charge is -1.99. The predicted octanol–water partition coefficient (Wildman–Crippen LogP) is 3.61. The zero-order valence-corrected chi connectivity index (χ0v) is 9.86. The standard InChI is InChI=1S/C11H9Cl2NO/c1-6-8(5-15)11-9(13)3-7(12)4-10(11)14(6)2/h3-5H,1-2H3. The van der Waals surface area contributed by atoms with Crippen LogP contribution in [0.5, 0.6) is 0 Å². The maximum atomic E-state index is 11.0. The van der Waals surface area contributed by atoms with E-state index in [1.807, 2.05) is 24.6 Å². The molecule has 0 amide bonds. The molecule has 2 nitrogen and oxygen atoms in total. The number of carbonyl (C=O) groups is 1. The molecule has 0 bridgehead atoms. The Morgan fingerprint density at radius 1 is 1.33 bits per heavy atom. The van der Waals surface area contributed by atoms with Crippen molar-refractivity contribution in [1.82, 2.24) is 4.57 Å². The molecule has 0 spiro atoms. The van der Waals surface area contributed by atoms with Gasteiger partial charge in [-0.15, -0.1) is 0 Å². The third-order valence-electron chi connectivity index (χ3n) is 2.68. The minimum Gasteiger partial charge on any atom is -0.347 e. The zero-order valence-electron chi connectivity index (χ0n) is 8.34. The quantitative estimate of drug-likeness (QED) is 0.700. The molecule has 2 aromatic rings. The molecule has 0 aliphatic heterocycles. The molecule has 0 atom stereocenters. The van der Waals surface area contributed by atoms with Gasteiger partial charge < -0.3 is 4.57 Å². The van der Waals surface area contributed by atoms with Crippen LogP contribution in [-0.2, 0) is 7.05 Å². The third-order valence-corrected chi connectivity index (χ3v) is 3.19. The molecule has 4 heteroatoms. The van der Waals surface area contributed by atoms with Gasteiger partial charge in [0.1, 0.15) is 0 Å². The van der Waals surface area contributed by atoms with E-state index in [0.717, 1.165) is 22.9 Å². The van der Waals surface area contributed by atoms with E-state index >= 15 is 0 Å². The smallest absolute Gasteiger partial charge is 0.152 e. The van der Waals surface area contributed by atoms with Gasteiger partial charge in [-0.3, -0.25) is 4.79 Å². The average Bonchev–Trinajstić information content (AvgIpc) is 2.42. The highest BCUT2D eigenvalue weighted by Crippen LogP contribution is 2.32. The lowest BCUT2D eigenvalue weighted by Crippen LogP contribution is -1.91. The lowest BCUT2D eigenvalue weighted by atomic mass is 10.1. The van der Waals surface area contributed by atoms with Crippen molar-refractivity contribution in [2.45, 2.75) is 6.92 Å². The Bertz CT molecular complexity index is 557. The summed E-state index contributed by atoms with van der Waals surface area (Å²) in [6.45, 7) is 1.88. The Kier molecular flexibility index (Phi) is 2.49. The second kappa shape index (κ2) is 3.54. The second-order valence-corrected chi connectivity index (χ2v) is 4.30. The van der Waals surface area contributed by atoms with Crippen LogP contribution >= 0.6 is 23.2 Å². The molecule has 0 N–H and O–H groups in total. The van der Waals surface area contributed by atoms with E-state index in [2.05, 4.69) is 0 Å². The molecule has 1 aromatic heterocycles. The molecule has 1 aromatic carbocycles. The minimum atomic E-state index is 0.517. The molecular formula is C11H9Cl2NO. The summed E-state index contributed by atoms with van der Waals surface area (Å²) in [6, 6.07) is 3.46. The Labute approximate surface area is 97.4 Å². The first kappa shape index (κ1) is 10.5. The van der Waals surface area contributed by atoms with E-state index in [9.17, 15) is 4.79 Å². The van der Waals surface area contributed by atoms with Crippen LogP contribution in [0, 0.1) is 6.92 Å². The Balaban J connectivity index is 3.03. The van der Waals surface area contributed by atoms with Crippen LogP contribution in [0.15, 0.2) is 12.1 Å². The fraction of sp³-hybridized carbons (Fsp3) is 0.182. The number of hydrogen-bond donors (Lipinski definition) is 0. The van der Waals surface area contributed by atoms with Crippen molar-refractivity contribution in [3.63, 3.8) is 0 Å². The van der Waals surface area contributed by atoms with Gasteiger partial charge in [0.25, 0.3) is 0 Å². The number of aromatic nitrogens is 1. The first-order chi connectivity index (χ1) is 7.06. The first-order valence-electron chi connectivity index (χ1n) is 4.45. The molecule has 15 heavy (non-hydrogen) atoms. The fourth-order valence-corrected chi connectivity index (χ4v) is 2.36. The third kappa shape index (κ3) is 1.45. The van der Waals surface area contributed by atoms with E-state index in [1.165, 1.54) is 0 Å². The number of hydrogen-bond acceptors (Lipinski definition) is 1. The van der Waals surface area contributed by atoms with Crippen molar-refractivity contribution in [1.29, 1.82) is 0 Å². The van der Waals surface area contributed by atoms with Gasteiger partial charge >= 0.3 is 0 Å². The Morgan fingerprint density at radius 3 is 2.60 bits per heavy atom.